The van der Waals surface area contributed by atoms with Gasteiger partial charge in [-0.15, -0.1) is 0 Å². The number of benzene rings is 2. The van der Waals surface area contributed by atoms with Crippen LogP contribution < -0.4 is 5.32 Å². The summed E-state index contributed by atoms with van der Waals surface area (Å²) in [6.07, 6.45) is 1.79. The maximum atomic E-state index is 13.1. The van der Waals surface area contributed by atoms with Gasteiger partial charge in [-0.2, -0.15) is 0 Å². The van der Waals surface area contributed by atoms with E-state index in [1.165, 1.54) is 12.1 Å². The zero-order valence-corrected chi connectivity index (χ0v) is 10.3. The van der Waals surface area contributed by atoms with Gasteiger partial charge < -0.3 is 5.32 Å². The fraction of sp³-hybridized carbons (Fsp3) is 0.0625. The summed E-state index contributed by atoms with van der Waals surface area (Å²) in [6.45, 7) is 0.581. The Bertz CT molecular complexity index is 710. The molecule has 0 aliphatic carbocycles. The van der Waals surface area contributed by atoms with Gasteiger partial charge in [-0.25, -0.2) is 4.39 Å². The summed E-state index contributed by atoms with van der Waals surface area (Å²) in [6, 6.07) is 16.6. The van der Waals surface area contributed by atoms with E-state index in [0.29, 0.717) is 6.54 Å². The lowest BCUT2D eigenvalue weighted by molar-refractivity contribution is 0.626. The van der Waals surface area contributed by atoms with Gasteiger partial charge in [0.2, 0.25) is 0 Å². The first-order chi connectivity index (χ1) is 9.31. The Kier molecular flexibility index (Phi) is 3.11. The summed E-state index contributed by atoms with van der Waals surface area (Å²) < 4.78 is 13.1. The molecule has 1 heterocycles. The molecule has 0 radical (unpaired) electrons. The predicted octanol–water partition coefficient (Wildman–Crippen LogP) is 3.99. The number of nitrogens with one attached hydrogen (secondary N) is 1. The largest absolute Gasteiger partial charge is 0.380 e. The molecule has 3 heteroatoms. The Labute approximate surface area is 110 Å². The number of para-hydroxylation sites is 1. The molecule has 0 amide bonds. The van der Waals surface area contributed by atoms with Crippen molar-refractivity contribution in [3.8, 4) is 0 Å². The predicted molar refractivity (Wildman–Crippen MR) is 75.5 cm³/mol. The third-order valence-corrected chi connectivity index (χ3v) is 2.98. The van der Waals surface area contributed by atoms with Crippen molar-refractivity contribution in [2.75, 3.05) is 5.32 Å². The second kappa shape index (κ2) is 5.06. The van der Waals surface area contributed by atoms with Crippen LogP contribution in [0.1, 0.15) is 5.56 Å². The van der Waals surface area contributed by atoms with E-state index in [0.717, 1.165) is 22.2 Å². The number of anilines is 1. The minimum atomic E-state index is -0.212. The molecule has 2 nitrogen and oxygen atoms in total. The van der Waals surface area contributed by atoms with Crippen molar-refractivity contribution in [2.24, 2.45) is 0 Å². The van der Waals surface area contributed by atoms with E-state index in [1.807, 2.05) is 36.4 Å². The summed E-state index contributed by atoms with van der Waals surface area (Å²) in [5, 5.41) is 4.34. The van der Waals surface area contributed by atoms with Crippen LogP contribution in [0.2, 0.25) is 0 Å². The maximum absolute atomic E-state index is 13.1. The second-order valence-electron chi connectivity index (χ2n) is 4.40. The number of hydrogen-bond acceptors (Lipinski definition) is 2. The number of halogens is 1. The van der Waals surface area contributed by atoms with Crippen LogP contribution in [-0.2, 0) is 6.54 Å². The lowest BCUT2D eigenvalue weighted by Crippen LogP contribution is -2.00. The lowest BCUT2D eigenvalue weighted by atomic mass is 10.2. The molecular formula is C16H13FN2. The summed E-state index contributed by atoms with van der Waals surface area (Å²) >= 11 is 0. The van der Waals surface area contributed by atoms with E-state index >= 15 is 0 Å². The Morgan fingerprint density at radius 3 is 2.79 bits per heavy atom. The molecule has 0 saturated heterocycles. The van der Waals surface area contributed by atoms with E-state index in [9.17, 15) is 4.39 Å². The molecular weight excluding hydrogens is 239 g/mol. The van der Waals surface area contributed by atoms with Gasteiger partial charge in [0, 0.05) is 11.9 Å². The SMILES string of the molecule is Fc1cccc(CNc2cnc3ccccc3c2)c1. The number of pyridine rings is 1. The van der Waals surface area contributed by atoms with Gasteiger partial charge in [0.15, 0.2) is 0 Å². The average Bonchev–Trinajstić information content (AvgIpc) is 2.45. The summed E-state index contributed by atoms with van der Waals surface area (Å²) in [5.41, 5.74) is 2.81. The molecule has 94 valence electrons. The molecule has 1 aromatic heterocycles. The topological polar surface area (TPSA) is 24.9 Å². The molecule has 0 aliphatic rings. The molecule has 2 aromatic carbocycles. The van der Waals surface area contributed by atoms with Gasteiger partial charge in [-0.05, 0) is 29.8 Å². The van der Waals surface area contributed by atoms with Crippen molar-refractivity contribution in [3.05, 3.63) is 72.2 Å². The van der Waals surface area contributed by atoms with Crippen molar-refractivity contribution in [1.29, 1.82) is 0 Å². The van der Waals surface area contributed by atoms with E-state index in [1.54, 1.807) is 12.3 Å². The minimum absolute atomic E-state index is 0.212. The number of rotatable bonds is 3. The monoisotopic (exact) mass is 252 g/mol. The third kappa shape index (κ3) is 2.71. The maximum Gasteiger partial charge on any atom is 0.123 e. The number of fused-ring (bicyclic) bond motifs is 1. The van der Waals surface area contributed by atoms with Crippen molar-refractivity contribution in [2.45, 2.75) is 6.54 Å². The van der Waals surface area contributed by atoms with Crippen LogP contribution in [0.25, 0.3) is 10.9 Å². The van der Waals surface area contributed by atoms with Crippen LogP contribution in [0.5, 0.6) is 0 Å². The Hall–Kier alpha value is -2.42. The lowest BCUT2D eigenvalue weighted by Gasteiger charge is -2.07. The van der Waals surface area contributed by atoms with E-state index in [-0.39, 0.29) is 5.82 Å². The van der Waals surface area contributed by atoms with Gasteiger partial charge >= 0.3 is 0 Å². The second-order valence-corrected chi connectivity index (χ2v) is 4.40. The van der Waals surface area contributed by atoms with Crippen LogP contribution in [0.15, 0.2) is 60.8 Å². The average molecular weight is 252 g/mol. The highest BCUT2D eigenvalue weighted by atomic mass is 19.1. The zero-order chi connectivity index (χ0) is 13.1. The number of hydrogen-bond donors (Lipinski definition) is 1. The van der Waals surface area contributed by atoms with Gasteiger partial charge in [-0.1, -0.05) is 30.3 Å². The Morgan fingerprint density at radius 2 is 1.89 bits per heavy atom. The highest BCUT2D eigenvalue weighted by Crippen LogP contribution is 2.16. The smallest absolute Gasteiger partial charge is 0.123 e. The number of nitrogens with zero attached hydrogens (tertiary/aromatic N) is 1. The molecule has 0 fully saturated rings. The fourth-order valence-electron chi connectivity index (χ4n) is 2.02. The minimum Gasteiger partial charge on any atom is -0.380 e. The highest BCUT2D eigenvalue weighted by molar-refractivity contribution is 5.81. The van der Waals surface area contributed by atoms with Crippen molar-refractivity contribution < 1.29 is 4.39 Å². The molecule has 3 rings (SSSR count). The molecule has 1 N–H and O–H groups in total. The van der Waals surface area contributed by atoms with Crippen molar-refractivity contribution >= 4 is 16.6 Å². The van der Waals surface area contributed by atoms with Gasteiger partial charge in [-0.3, -0.25) is 4.98 Å². The number of aromatic nitrogens is 1. The summed E-state index contributed by atoms with van der Waals surface area (Å²) in [7, 11) is 0. The van der Waals surface area contributed by atoms with Crippen LogP contribution in [0.3, 0.4) is 0 Å². The molecule has 3 aromatic rings. The molecule has 0 atom stereocenters. The fourth-order valence-corrected chi connectivity index (χ4v) is 2.02. The van der Waals surface area contributed by atoms with Gasteiger partial charge in [0.25, 0.3) is 0 Å². The van der Waals surface area contributed by atoms with Crippen molar-refractivity contribution in [1.82, 2.24) is 4.98 Å². The first-order valence-electron chi connectivity index (χ1n) is 6.14. The molecule has 0 spiro atoms. The van der Waals surface area contributed by atoms with Crippen LogP contribution in [0.4, 0.5) is 10.1 Å². The standard InChI is InChI=1S/C16H13FN2/c17-14-6-3-4-12(8-14)10-18-15-9-13-5-1-2-7-16(13)19-11-15/h1-9,11,18H,10H2. The van der Waals surface area contributed by atoms with Crippen LogP contribution in [0, 0.1) is 5.82 Å². The van der Waals surface area contributed by atoms with Gasteiger partial charge in [0.05, 0.1) is 17.4 Å². The molecule has 0 saturated carbocycles. The van der Waals surface area contributed by atoms with Crippen LogP contribution in [-0.4, -0.2) is 4.98 Å². The first kappa shape index (κ1) is 11.7. The third-order valence-electron chi connectivity index (χ3n) is 2.98. The van der Waals surface area contributed by atoms with Crippen molar-refractivity contribution in [3.63, 3.8) is 0 Å². The van der Waals surface area contributed by atoms with Crippen LogP contribution >= 0.6 is 0 Å². The Morgan fingerprint density at radius 1 is 1.00 bits per heavy atom. The normalized spacial score (nSPS) is 10.6. The molecule has 0 bridgehead atoms. The Balaban J connectivity index is 1.78. The molecule has 19 heavy (non-hydrogen) atoms. The first-order valence-corrected chi connectivity index (χ1v) is 6.14. The van der Waals surface area contributed by atoms with E-state index in [2.05, 4.69) is 10.3 Å². The molecule has 0 aliphatic heterocycles. The summed E-state index contributed by atoms with van der Waals surface area (Å²) in [5.74, 6) is -0.212. The summed E-state index contributed by atoms with van der Waals surface area (Å²) in [4.78, 5) is 4.37. The van der Waals surface area contributed by atoms with E-state index < -0.39 is 0 Å². The molecule has 0 unspecified atom stereocenters. The highest BCUT2D eigenvalue weighted by Gasteiger charge is 1.98. The van der Waals surface area contributed by atoms with E-state index in [4.69, 9.17) is 0 Å². The quantitative estimate of drug-likeness (QED) is 0.762. The zero-order valence-electron chi connectivity index (χ0n) is 10.3. The van der Waals surface area contributed by atoms with Gasteiger partial charge in [0.1, 0.15) is 5.82 Å².